The van der Waals surface area contributed by atoms with E-state index >= 15 is 0 Å². The van der Waals surface area contributed by atoms with Crippen LogP contribution in [-0.2, 0) is 16.0 Å². The summed E-state index contributed by atoms with van der Waals surface area (Å²) < 4.78 is 11.6. The van der Waals surface area contributed by atoms with Crippen molar-refractivity contribution in [1.29, 1.82) is 0 Å². The molecule has 1 atom stereocenters. The van der Waals surface area contributed by atoms with Gasteiger partial charge in [-0.15, -0.1) is 0 Å². The third kappa shape index (κ3) is 4.16. The van der Waals surface area contributed by atoms with Crippen molar-refractivity contribution in [3.63, 3.8) is 0 Å². The van der Waals surface area contributed by atoms with E-state index in [4.69, 9.17) is 9.47 Å². The Kier molecular flexibility index (Phi) is 5.85. The van der Waals surface area contributed by atoms with Gasteiger partial charge in [0.15, 0.2) is 0 Å². The first-order valence-corrected chi connectivity index (χ1v) is 9.73. The zero-order chi connectivity index (χ0) is 19.3. The molecule has 0 spiro atoms. The quantitative estimate of drug-likeness (QED) is 0.583. The molecule has 2 aliphatic rings. The first-order chi connectivity index (χ1) is 13.7. The number of rotatable bonds is 5. The van der Waals surface area contributed by atoms with Crippen molar-refractivity contribution in [1.82, 2.24) is 4.90 Å². The SMILES string of the molecule is O=[N+]([O-])c1ccc(N2CCOCC2)c([C@H]2OCCCN2Cc2ccccc2)c1. The summed E-state index contributed by atoms with van der Waals surface area (Å²) in [6, 6.07) is 15.4. The molecule has 0 aromatic heterocycles. The highest BCUT2D eigenvalue weighted by molar-refractivity contribution is 5.59. The molecule has 0 aliphatic carbocycles. The molecule has 0 amide bonds. The topological polar surface area (TPSA) is 68.1 Å². The number of ether oxygens (including phenoxy) is 2. The molecule has 2 aromatic carbocycles. The summed E-state index contributed by atoms with van der Waals surface area (Å²) in [7, 11) is 0. The molecule has 2 saturated heterocycles. The number of anilines is 1. The number of non-ortho nitro benzene ring substituents is 1. The maximum Gasteiger partial charge on any atom is 0.270 e. The molecular weight excluding hydrogens is 358 g/mol. The minimum absolute atomic E-state index is 0.0980. The molecule has 2 aliphatic heterocycles. The highest BCUT2D eigenvalue weighted by atomic mass is 16.6. The van der Waals surface area contributed by atoms with Gasteiger partial charge in [-0.2, -0.15) is 0 Å². The van der Waals surface area contributed by atoms with E-state index in [1.807, 2.05) is 24.3 Å². The van der Waals surface area contributed by atoms with E-state index in [1.54, 1.807) is 12.1 Å². The van der Waals surface area contributed by atoms with Crippen LogP contribution in [0.15, 0.2) is 48.5 Å². The lowest BCUT2D eigenvalue weighted by Gasteiger charge is -2.39. The minimum atomic E-state index is -0.336. The van der Waals surface area contributed by atoms with E-state index in [-0.39, 0.29) is 16.8 Å². The smallest absolute Gasteiger partial charge is 0.270 e. The summed E-state index contributed by atoms with van der Waals surface area (Å²) in [5.74, 6) is 0. The zero-order valence-corrected chi connectivity index (χ0v) is 15.8. The van der Waals surface area contributed by atoms with E-state index in [0.29, 0.717) is 19.8 Å². The first-order valence-electron chi connectivity index (χ1n) is 9.73. The van der Waals surface area contributed by atoms with Gasteiger partial charge in [0, 0.05) is 49.6 Å². The summed E-state index contributed by atoms with van der Waals surface area (Å²) >= 11 is 0. The Morgan fingerprint density at radius 2 is 1.82 bits per heavy atom. The molecule has 2 aromatic rings. The summed E-state index contributed by atoms with van der Waals surface area (Å²) in [5, 5.41) is 11.4. The Hall–Kier alpha value is -2.48. The van der Waals surface area contributed by atoms with Crippen molar-refractivity contribution < 1.29 is 14.4 Å². The summed E-state index contributed by atoms with van der Waals surface area (Å²) in [4.78, 5) is 15.6. The molecule has 0 radical (unpaired) electrons. The lowest BCUT2D eigenvalue weighted by atomic mass is 10.1. The van der Waals surface area contributed by atoms with E-state index in [2.05, 4.69) is 21.9 Å². The van der Waals surface area contributed by atoms with Crippen LogP contribution in [0, 0.1) is 10.1 Å². The molecule has 2 heterocycles. The van der Waals surface area contributed by atoms with Gasteiger partial charge < -0.3 is 14.4 Å². The molecule has 4 rings (SSSR count). The fourth-order valence-electron chi connectivity index (χ4n) is 3.90. The maximum absolute atomic E-state index is 11.4. The monoisotopic (exact) mass is 383 g/mol. The van der Waals surface area contributed by atoms with Crippen molar-refractivity contribution in [2.45, 2.75) is 19.2 Å². The van der Waals surface area contributed by atoms with Crippen molar-refractivity contribution >= 4 is 11.4 Å². The number of nitro groups is 1. The molecule has 148 valence electrons. The lowest BCUT2D eigenvalue weighted by molar-refractivity contribution is -0.385. The second-order valence-electron chi connectivity index (χ2n) is 7.13. The standard InChI is InChI=1S/C21H25N3O4/c25-24(26)18-7-8-20(22-10-13-27-14-11-22)19(15-18)21-23(9-4-12-28-21)16-17-5-2-1-3-6-17/h1-3,5-8,15,21H,4,9-14,16H2/t21-/m1/s1. The van der Waals surface area contributed by atoms with Crippen LogP contribution < -0.4 is 4.90 Å². The van der Waals surface area contributed by atoms with Crippen LogP contribution in [0.5, 0.6) is 0 Å². The highest BCUT2D eigenvalue weighted by Crippen LogP contribution is 2.37. The Labute approximate surface area is 164 Å². The summed E-state index contributed by atoms with van der Waals surface area (Å²) in [6.07, 6.45) is 0.650. The minimum Gasteiger partial charge on any atom is -0.378 e. The average Bonchev–Trinajstić information content (AvgIpc) is 2.75. The fourth-order valence-corrected chi connectivity index (χ4v) is 3.90. The second-order valence-corrected chi connectivity index (χ2v) is 7.13. The van der Waals surface area contributed by atoms with Crippen molar-refractivity contribution in [3.05, 3.63) is 69.8 Å². The number of nitro benzene ring substituents is 1. The Morgan fingerprint density at radius 1 is 1.04 bits per heavy atom. The van der Waals surface area contributed by atoms with Crippen molar-refractivity contribution in [2.75, 3.05) is 44.4 Å². The second kappa shape index (κ2) is 8.68. The number of nitrogens with zero attached hydrogens (tertiary/aromatic N) is 3. The van der Waals surface area contributed by atoms with Gasteiger partial charge in [0.1, 0.15) is 6.23 Å². The van der Waals surface area contributed by atoms with Gasteiger partial charge in [-0.25, -0.2) is 0 Å². The number of benzene rings is 2. The highest BCUT2D eigenvalue weighted by Gasteiger charge is 2.30. The van der Waals surface area contributed by atoms with Crippen LogP contribution in [0.3, 0.4) is 0 Å². The lowest BCUT2D eigenvalue weighted by Crippen LogP contribution is -2.40. The number of hydrogen-bond acceptors (Lipinski definition) is 6. The van der Waals surface area contributed by atoms with Crippen LogP contribution >= 0.6 is 0 Å². The van der Waals surface area contributed by atoms with E-state index in [0.717, 1.165) is 43.9 Å². The van der Waals surface area contributed by atoms with Gasteiger partial charge >= 0.3 is 0 Å². The van der Waals surface area contributed by atoms with Gasteiger partial charge in [0.25, 0.3) is 5.69 Å². The van der Waals surface area contributed by atoms with Crippen LogP contribution in [0.1, 0.15) is 23.8 Å². The van der Waals surface area contributed by atoms with Gasteiger partial charge in [-0.3, -0.25) is 15.0 Å². The predicted octanol–water partition coefficient (Wildman–Crippen LogP) is 3.35. The molecule has 7 heteroatoms. The van der Waals surface area contributed by atoms with Gasteiger partial charge in [0.05, 0.1) is 24.7 Å². The van der Waals surface area contributed by atoms with E-state index in [9.17, 15) is 10.1 Å². The summed E-state index contributed by atoms with van der Waals surface area (Å²) in [6.45, 7) is 5.17. The molecule has 2 fully saturated rings. The third-order valence-electron chi connectivity index (χ3n) is 5.27. The molecule has 0 saturated carbocycles. The molecule has 0 bridgehead atoms. The Morgan fingerprint density at radius 3 is 2.57 bits per heavy atom. The first kappa shape index (κ1) is 18.9. The van der Waals surface area contributed by atoms with Crippen molar-refractivity contribution in [3.8, 4) is 0 Å². The largest absolute Gasteiger partial charge is 0.378 e. The van der Waals surface area contributed by atoms with Gasteiger partial charge in [0.2, 0.25) is 0 Å². The van der Waals surface area contributed by atoms with Crippen molar-refractivity contribution in [2.24, 2.45) is 0 Å². The van der Waals surface area contributed by atoms with E-state index < -0.39 is 0 Å². The number of morpholine rings is 1. The fraction of sp³-hybridized carbons (Fsp3) is 0.429. The summed E-state index contributed by atoms with van der Waals surface area (Å²) in [5.41, 5.74) is 3.17. The molecule has 7 nitrogen and oxygen atoms in total. The molecule has 0 N–H and O–H groups in total. The number of hydrogen-bond donors (Lipinski definition) is 0. The van der Waals surface area contributed by atoms with Gasteiger partial charge in [-0.1, -0.05) is 30.3 Å². The maximum atomic E-state index is 11.4. The molecule has 0 unspecified atom stereocenters. The Bertz CT molecular complexity index is 809. The van der Waals surface area contributed by atoms with Crippen LogP contribution in [0.4, 0.5) is 11.4 Å². The van der Waals surface area contributed by atoms with E-state index in [1.165, 1.54) is 5.56 Å². The van der Waals surface area contributed by atoms with Gasteiger partial charge in [-0.05, 0) is 18.1 Å². The third-order valence-corrected chi connectivity index (χ3v) is 5.27. The zero-order valence-electron chi connectivity index (χ0n) is 15.8. The van der Waals surface area contributed by atoms with Crippen LogP contribution in [-0.4, -0.2) is 49.3 Å². The molecular formula is C21H25N3O4. The molecule has 28 heavy (non-hydrogen) atoms. The average molecular weight is 383 g/mol. The Balaban J connectivity index is 1.68. The van der Waals surface area contributed by atoms with Crippen LogP contribution in [0.25, 0.3) is 0 Å². The normalized spacial score (nSPS) is 20.9. The van der Waals surface area contributed by atoms with Crippen LogP contribution in [0.2, 0.25) is 0 Å². The predicted molar refractivity (Wildman–Crippen MR) is 106 cm³/mol.